The Labute approximate surface area is 209 Å². The van der Waals surface area contributed by atoms with Crippen LogP contribution in [0.1, 0.15) is 0 Å². The minimum atomic E-state index is -3.14. The first-order valence-electron chi connectivity index (χ1n) is 11.8. The molecule has 5 rings (SSSR count). The van der Waals surface area contributed by atoms with E-state index in [1.165, 1.54) is 15.6 Å². The predicted octanol–water partition coefficient (Wildman–Crippen LogP) is 3.57. The van der Waals surface area contributed by atoms with E-state index in [-0.39, 0.29) is 0 Å². The first-order chi connectivity index (χ1) is 17.3. The van der Waals surface area contributed by atoms with E-state index in [2.05, 4.69) is 140 Å². The molecule has 0 radical (unpaired) electrons. The number of rotatable bonds is 8. The molecule has 0 aliphatic rings. The van der Waals surface area contributed by atoms with Gasteiger partial charge in [0.15, 0.2) is 0 Å². The Kier molecular flexibility index (Phi) is 6.88. The van der Waals surface area contributed by atoms with Crippen LogP contribution < -0.4 is 25.9 Å². The molecule has 0 atom stereocenters. The van der Waals surface area contributed by atoms with Gasteiger partial charge in [-0.05, 0) is 25.9 Å². The van der Waals surface area contributed by atoms with Gasteiger partial charge in [-0.25, -0.2) is 0 Å². The van der Waals surface area contributed by atoms with Crippen LogP contribution in [0.25, 0.3) is 0 Å². The zero-order chi connectivity index (χ0) is 24.0. The predicted molar refractivity (Wildman–Crippen MR) is 150 cm³/mol. The van der Waals surface area contributed by atoms with Crippen molar-refractivity contribution in [3.8, 4) is 0 Å². The molecular formula is C31H28O2Si2. The molecule has 0 amide bonds. The molecule has 2 nitrogen and oxygen atoms in total. The van der Waals surface area contributed by atoms with Gasteiger partial charge in [0.1, 0.15) is 0 Å². The molecule has 0 aromatic heterocycles. The summed E-state index contributed by atoms with van der Waals surface area (Å²) in [5.41, 5.74) is 0. The maximum atomic E-state index is 7.76. The van der Waals surface area contributed by atoms with Crippen LogP contribution >= 0.6 is 0 Å². The van der Waals surface area contributed by atoms with Crippen LogP contribution in [0.2, 0.25) is 0 Å². The van der Waals surface area contributed by atoms with E-state index in [9.17, 15) is 0 Å². The molecule has 4 heteroatoms. The van der Waals surface area contributed by atoms with E-state index >= 15 is 0 Å². The number of benzene rings is 5. The molecule has 0 heterocycles. The summed E-state index contributed by atoms with van der Waals surface area (Å²) in [6, 6.07) is 53.0. The van der Waals surface area contributed by atoms with Crippen LogP contribution in [0.3, 0.4) is 0 Å². The van der Waals surface area contributed by atoms with Crippen LogP contribution in [-0.4, -0.2) is 24.0 Å². The fraction of sp³-hybridized carbons (Fsp3) is 0.0323. The Morgan fingerprint density at radius 2 is 0.629 bits per heavy atom. The average Bonchev–Trinajstić information content (AvgIpc) is 2.96. The zero-order valence-corrected chi connectivity index (χ0v) is 21.8. The molecule has 0 aliphatic heterocycles. The van der Waals surface area contributed by atoms with Crippen LogP contribution in [-0.2, 0) is 8.54 Å². The fourth-order valence-electron chi connectivity index (χ4n) is 4.79. The van der Waals surface area contributed by atoms with Crippen molar-refractivity contribution >= 4 is 42.8 Å². The topological polar surface area (TPSA) is 18.5 Å². The maximum absolute atomic E-state index is 7.76. The second-order valence-corrected chi connectivity index (χ2v) is 15.1. The van der Waals surface area contributed by atoms with Crippen molar-refractivity contribution < 1.29 is 8.54 Å². The van der Waals surface area contributed by atoms with Crippen molar-refractivity contribution in [1.29, 1.82) is 0 Å². The molecule has 5 aromatic carbocycles. The van der Waals surface area contributed by atoms with E-state index in [0.29, 0.717) is 0 Å². The third kappa shape index (κ3) is 4.33. The molecule has 0 bridgehead atoms. The average molecular weight is 489 g/mol. The lowest BCUT2D eigenvalue weighted by molar-refractivity contribution is 0.331. The number of hydrogen-bond donors (Lipinski definition) is 0. The normalized spacial score (nSPS) is 11.8. The second-order valence-electron chi connectivity index (χ2n) is 8.43. The summed E-state index contributed by atoms with van der Waals surface area (Å²) in [7, 11) is -4.35. The quantitative estimate of drug-likeness (QED) is 0.246. The van der Waals surface area contributed by atoms with Crippen molar-refractivity contribution in [2.24, 2.45) is 0 Å². The van der Waals surface area contributed by atoms with Crippen molar-refractivity contribution in [3.05, 3.63) is 152 Å². The Balaban J connectivity index is 1.86. The highest BCUT2D eigenvalue weighted by Gasteiger charge is 2.53. The molecule has 0 saturated heterocycles. The van der Waals surface area contributed by atoms with Gasteiger partial charge in [-0.2, -0.15) is 0 Å². The summed E-state index contributed by atoms with van der Waals surface area (Å²) in [5.74, 6) is 0. The molecule has 5 aromatic rings. The molecule has 0 unspecified atom stereocenters. The second kappa shape index (κ2) is 10.4. The van der Waals surface area contributed by atoms with Crippen LogP contribution in [0.4, 0.5) is 0 Å². The highest BCUT2D eigenvalue weighted by atomic mass is 28.4. The molecule has 0 aliphatic carbocycles. The molecule has 0 spiro atoms. The summed E-state index contributed by atoms with van der Waals surface area (Å²) < 4.78 is 14.3. The number of hydrogen-bond acceptors (Lipinski definition) is 2. The third-order valence-corrected chi connectivity index (χ3v) is 15.0. The van der Waals surface area contributed by atoms with Gasteiger partial charge in [0.05, 0.1) is 0 Å². The van der Waals surface area contributed by atoms with Gasteiger partial charge in [-0.1, -0.05) is 152 Å². The lowest BCUT2D eigenvalue weighted by Crippen LogP contribution is -2.78. The Bertz CT molecular complexity index is 1190. The van der Waals surface area contributed by atoms with Gasteiger partial charge in [-0.15, -0.1) is 0 Å². The summed E-state index contributed by atoms with van der Waals surface area (Å²) in [4.78, 5) is 0. The summed E-state index contributed by atoms with van der Waals surface area (Å²) in [6.07, 6.45) is 0. The van der Waals surface area contributed by atoms with E-state index in [0.717, 1.165) is 10.4 Å². The Hall–Kier alpha value is -3.55. The lowest BCUT2D eigenvalue weighted by Gasteiger charge is -2.42. The minimum Gasteiger partial charge on any atom is -0.418 e. The Morgan fingerprint density at radius 3 is 0.886 bits per heavy atom. The third-order valence-electron chi connectivity index (χ3n) is 6.43. The van der Waals surface area contributed by atoms with Crippen LogP contribution in [0.5, 0.6) is 0 Å². The van der Waals surface area contributed by atoms with Crippen LogP contribution in [0, 0.1) is 0 Å². The van der Waals surface area contributed by atoms with Gasteiger partial charge in [0, 0.05) is 7.11 Å². The molecule has 172 valence electrons. The molecule has 35 heavy (non-hydrogen) atoms. The highest BCUT2D eigenvalue weighted by Crippen LogP contribution is 2.18. The molecular weight excluding hydrogens is 461 g/mol. The largest absolute Gasteiger partial charge is 0.418 e. The summed E-state index contributed by atoms with van der Waals surface area (Å²) in [6.45, 7) is 0. The van der Waals surface area contributed by atoms with Gasteiger partial charge in [0.2, 0.25) is 0 Å². The van der Waals surface area contributed by atoms with E-state index < -0.39 is 16.9 Å². The first-order valence-corrected chi connectivity index (χ1v) is 15.5. The van der Waals surface area contributed by atoms with E-state index in [1.54, 1.807) is 7.11 Å². The first kappa shape index (κ1) is 23.2. The van der Waals surface area contributed by atoms with Gasteiger partial charge < -0.3 is 8.54 Å². The summed E-state index contributed by atoms with van der Waals surface area (Å²) in [5, 5.41) is 5.76. The van der Waals surface area contributed by atoms with E-state index in [1.807, 2.05) is 12.1 Å². The van der Waals surface area contributed by atoms with Crippen molar-refractivity contribution in [2.45, 2.75) is 0 Å². The molecule has 0 saturated carbocycles. The van der Waals surface area contributed by atoms with Crippen molar-refractivity contribution in [1.82, 2.24) is 0 Å². The standard InChI is InChI=1S/C31H28O2Si2/c1-32-35(30-23-13-5-14-24-30,31-25-15-6-16-26-31)33-34(27-17-7-2-8-18-27,28-19-9-3-10-20-28)29-21-11-4-12-22-29/h2-26H,1H3. The summed E-state index contributed by atoms with van der Waals surface area (Å²) >= 11 is 0. The zero-order valence-electron chi connectivity index (χ0n) is 19.8. The van der Waals surface area contributed by atoms with Gasteiger partial charge >= 0.3 is 8.56 Å². The van der Waals surface area contributed by atoms with Crippen molar-refractivity contribution in [2.75, 3.05) is 7.11 Å². The minimum absolute atomic E-state index is 1.09. The van der Waals surface area contributed by atoms with E-state index in [4.69, 9.17) is 8.54 Å². The maximum Gasteiger partial charge on any atom is 0.397 e. The lowest BCUT2D eigenvalue weighted by atomic mass is 10.3. The van der Waals surface area contributed by atoms with Gasteiger partial charge in [-0.3, -0.25) is 0 Å². The Morgan fingerprint density at radius 1 is 0.371 bits per heavy atom. The van der Waals surface area contributed by atoms with Crippen LogP contribution in [0.15, 0.2) is 152 Å². The molecule has 0 N–H and O–H groups in total. The SMILES string of the molecule is CO[Si](O[Si](c1ccccc1)(c1ccccc1)c1ccccc1)(c1ccccc1)c1ccccc1. The fourth-order valence-corrected chi connectivity index (χ4v) is 14.3. The monoisotopic (exact) mass is 488 g/mol. The van der Waals surface area contributed by atoms with Crippen molar-refractivity contribution in [3.63, 3.8) is 0 Å². The molecule has 0 fully saturated rings. The van der Waals surface area contributed by atoms with Gasteiger partial charge in [0.25, 0.3) is 8.32 Å². The highest BCUT2D eigenvalue weighted by molar-refractivity contribution is 7.13. The smallest absolute Gasteiger partial charge is 0.397 e.